The van der Waals surface area contributed by atoms with E-state index in [0.717, 1.165) is 11.3 Å². The Balaban J connectivity index is 1.55. The first-order valence-electron chi connectivity index (χ1n) is 9.21. The molecular weight excluding hydrogens is 366 g/mol. The molecule has 1 unspecified atom stereocenters. The number of nitrogens with zero attached hydrogens (tertiary/aromatic N) is 2. The normalized spacial score (nSPS) is 11.7. The summed E-state index contributed by atoms with van der Waals surface area (Å²) >= 11 is 0. The molecule has 0 saturated heterocycles. The zero-order valence-electron chi connectivity index (χ0n) is 15.6. The van der Waals surface area contributed by atoms with E-state index in [2.05, 4.69) is 10.3 Å². The van der Waals surface area contributed by atoms with Crippen molar-refractivity contribution in [3.05, 3.63) is 124 Å². The van der Waals surface area contributed by atoms with Crippen molar-refractivity contribution in [3.8, 4) is 0 Å². The summed E-state index contributed by atoms with van der Waals surface area (Å²) in [7, 11) is 0. The van der Waals surface area contributed by atoms with E-state index >= 15 is 0 Å². The van der Waals surface area contributed by atoms with Crippen molar-refractivity contribution in [1.82, 2.24) is 14.9 Å². The SMILES string of the molecule is O=C(NC(c1ccccc1)c1ccccn1)c1ccc(Cn2ccccc2=O)o1. The third kappa shape index (κ3) is 4.32. The first kappa shape index (κ1) is 18.4. The number of aromatic nitrogens is 2. The smallest absolute Gasteiger partial charge is 0.287 e. The van der Waals surface area contributed by atoms with E-state index in [4.69, 9.17) is 4.42 Å². The van der Waals surface area contributed by atoms with Gasteiger partial charge in [0.25, 0.3) is 11.5 Å². The highest BCUT2D eigenvalue weighted by Gasteiger charge is 2.20. The second-order valence-corrected chi connectivity index (χ2v) is 6.50. The van der Waals surface area contributed by atoms with Gasteiger partial charge in [0.15, 0.2) is 5.76 Å². The molecule has 6 heteroatoms. The standard InChI is InChI=1S/C23H19N3O3/c27-21-11-5-7-15-26(21)16-18-12-13-20(29-18)23(28)25-22(17-8-2-1-3-9-17)19-10-4-6-14-24-19/h1-15,22H,16H2,(H,25,28). The molecule has 0 aliphatic heterocycles. The van der Waals surface area contributed by atoms with Crippen molar-refractivity contribution in [3.63, 3.8) is 0 Å². The van der Waals surface area contributed by atoms with E-state index < -0.39 is 6.04 Å². The van der Waals surface area contributed by atoms with Crippen molar-refractivity contribution in [2.75, 3.05) is 0 Å². The van der Waals surface area contributed by atoms with Gasteiger partial charge < -0.3 is 14.3 Å². The molecule has 0 fully saturated rings. The van der Waals surface area contributed by atoms with Crippen LogP contribution in [0.4, 0.5) is 0 Å². The van der Waals surface area contributed by atoms with Crippen molar-refractivity contribution in [2.45, 2.75) is 12.6 Å². The van der Waals surface area contributed by atoms with E-state index in [1.54, 1.807) is 36.7 Å². The largest absolute Gasteiger partial charge is 0.454 e. The molecule has 1 N–H and O–H groups in total. The Morgan fingerprint density at radius 2 is 1.76 bits per heavy atom. The maximum absolute atomic E-state index is 12.8. The summed E-state index contributed by atoms with van der Waals surface area (Å²) in [5.74, 6) is 0.356. The Labute approximate surface area is 167 Å². The molecule has 0 spiro atoms. The minimum atomic E-state index is -0.407. The van der Waals surface area contributed by atoms with Gasteiger partial charge in [-0.3, -0.25) is 14.6 Å². The van der Waals surface area contributed by atoms with Gasteiger partial charge in [0.1, 0.15) is 5.76 Å². The number of hydrogen-bond acceptors (Lipinski definition) is 4. The molecular formula is C23H19N3O3. The van der Waals surface area contributed by atoms with Crippen LogP contribution >= 0.6 is 0 Å². The van der Waals surface area contributed by atoms with Gasteiger partial charge in [-0.15, -0.1) is 0 Å². The van der Waals surface area contributed by atoms with Gasteiger partial charge in [-0.05, 0) is 35.9 Å². The molecule has 4 aromatic rings. The third-order valence-corrected chi connectivity index (χ3v) is 4.50. The molecule has 0 saturated carbocycles. The van der Waals surface area contributed by atoms with Gasteiger partial charge >= 0.3 is 0 Å². The Bertz CT molecular complexity index is 1110. The van der Waals surface area contributed by atoms with Crippen molar-refractivity contribution in [2.24, 2.45) is 0 Å². The number of hydrogen-bond donors (Lipinski definition) is 1. The number of carbonyl (C=O) groups is 1. The molecule has 0 bridgehead atoms. The van der Waals surface area contributed by atoms with Crippen molar-refractivity contribution in [1.29, 1.82) is 0 Å². The average Bonchev–Trinajstić information content (AvgIpc) is 3.23. The van der Waals surface area contributed by atoms with E-state index in [0.29, 0.717) is 5.76 Å². The minimum absolute atomic E-state index is 0.130. The molecule has 0 aliphatic carbocycles. The maximum atomic E-state index is 12.8. The fourth-order valence-corrected chi connectivity index (χ4v) is 3.07. The van der Waals surface area contributed by atoms with Gasteiger partial charge in [-0.25, -0.2) is 0 Å². The molecule has 1 amide bonds. The number of amides is 1. The van der Waals surface area contributed by atoms with Crippen LogP contribution in [0.3, 0.4) is 0 Å². The lowest BCUT2D eigenvalue weighted by molar-refractivity contribution is 0.0912. The highest BCUT2D eigenvalue weighted by molar-refractivity contribution is 5.92. The molecule has 3 heterocycles. The van der Waals surface area contributed by atoms with Gasteiger partial charge in [0.2, 0.25) is 0 Å². The molecule has 29 heavy (non-hydrogen) atoms. The lowest BCUT2D eigenvalue weighted by Gasteiger charge is -2.18. The topological polar surface area (TPSA) is 77.1 Å². The lowest BCUT2D eigenvalue weighted by atomic mass is 10.0. The van der Waals surface area contributed by atoms with Crippen molar-refractivity contribution < 1.29 is 9.21 Å². The second-order valence-electron chi connectivity index (χ2n) is 6.50. The third-order valence-electron chi connectivity index (χ3n) is 4.50. The van der Waals surface area contributed by atoms with Crippen LogP contribution in [-0.2, 0) is 6.54 Å². The van der Waals surface area contributed by atoms with Gasteiger partial charge in [-0.1, -0.05) is 42.5 Å². The summed E-state index contributed by atoms with van der Waals surface area (Å²) in [6.07, 6.45) is 3.37. The molecule has 144 valence electrons. The van der Waals surface area contributed by atoms with Crippen LogP contribution in [0.15, 0.2) is 100 Å². The molecule has 4 rings (SSSR count). The quantitative estimate of drug-likeness (QED) is 0.552. The van der Waals surface area contributed by atoms with Crippen molar-refractivity contribution >= 4 is 5.91 Å². The predicted molar refractivity (Wildman–Crippen MR) is 109 cm³/mol. The summed E-state index contributed by atoms with van der Waals surface area (Å²) in [5.41, 5.74) is 1.52. The predicted octanol–water partition coefficient (Wildman–Crippen LogP) is 3.40. The van der Waals surface area contributed by atoms with E-state index in [1.807, 2.05) is 48.5 Å². The molecule has 1 atom stereocenters. The molecule has 0 aliphatic rings. The van der Waals surface area contributed by atoms with Crippen LogP contribution in [-0.4, -0.2) is 15.5 Å². The van der Waals surface area contributed by atoms with E-state index in [9.17, 15) is 9.59 Å². The first-order chi connectivity index (χ1) is 14.2. The van der Waals surface area contributed by atoms with E-state index in [-0.39, 0.29) is 23.8 Å². The fraction of sp³-hybridized carbons (Fsp3) is 0.0870. The Morgan fingerprint density at radius 1 is 0.966 bits per heavy atom. The summed E-state index contributed by atoms with van der Waals surface area (Å²) in [4.78, 5) is 29.1. The van der Waals surface area contributed by atoms with Gasteiger partial charge in [0, 0.05) is 18.5 Å². The van der Waals surface area contributed by atoms with Crippen LogP contribution in [0.25, 0.3) is 0 Å². The monoisotopic (exact) mass is 385 g/mol. The lowest BCUT2D eigenvalue weighted by Crippen LogP contribution is -2.29. The molecule has 3 aromatic heterocycles. The molecule has 6 nitrogen and oxygen atoms in total. The summed E-state index contributed by atoms with van der Waals surface area (Å²) in [5, 5.41) is 2.99. The minimum Gasteiger partial charge on any atom is -0.454 e. The number of nitrogens with one attached hydrogen (secondary N) is 1. The maximum Gasteiger partial charge on any atom is 0.287 e. The number of rotatable bonds is 6. The number of pyridine rings is 2. The summed E-state index contributed by atoms with van der Waals surface area (Å²) in [6.45, 7) is 0.259. The Hall–Kier alpha value is -3.93. The number of furan rings is 1. The Kier molecular flexibility index (Phi) is 5.33. The molecule has 0 radical (unpaired) electrons. The average molecular weight is 385 g/mol. The number of carbonyl (C=O) groups excluding carboxylic acids is 1. The second kappa shape index (κ2) is 8.39. The molecule has 1 aromatic carbocycles. The zero-order valence-corrected chi connectivity index (χ0v) is 15.6. The fourth-order valence-electron chi connectivity index (χ4n) is 3.07. The van der Waals surface area contributed by atoms with Crippen LogP contribution in [0.2, 0.25) is 0 Å². The van der Waals surface area contributed by atoms with Crippen LogP contribution in [0, 0.1) is 0 Å². The number of benzene rings is 1. The summed E-state index contributed by atoms with van der Waals surface area (Å²) < 4.78 is 7.20. The first-order valence-corrected chi connectivity index (χ1v) is 9.21. The highest BCUT2D eigenvalue weighted by Crippen LogP contribution is 2.21. The van der Waals surface area contributed by atoms with Crippen LogP contribution in [0.5, 0.6) is 0 Å². The van der Waals surface area contributed by atoms with Crippen LogP contribution in [0.1, 0.15) is 33.6 Å². The van der Waals surface area contributed by atoms with E-state index in [1.165, 1.54) is 10.6 Å². The van der Waals surface area contributed by atoms with Crippen LogP contribution < -0.4 is 10.9 Å². The summed E-state index contributed by atoms with van der Waals surface area (Å²) in [6, 6.07) is 23.1. The van der Waals surface area contributed by atoms with Gasteiger partial charge in [0.05, 0.1) is 18.3 Å². The highest BCUT2D eigenvalue weighted by atomic mass is 16.4. The van der Waals surface area contributed by atoms with Gasteiger partial charge in [-0.2, -0.15) is 0 Å². The Morgan fingerprint density at radius 3 is 2.52 bits per heavy atom. The zero-order chi connectivity index (χ0) is 20.1.